The van der Waals surface area contributed by atoms with Crippen molar-refractivity contribution >= 4 is 65.0 Å². The van der Waals surface area contributed by atoms with Gasteiger partial charge >= 0.3 is 0 Å². The van der Waals surface area contributed by atoms with Gasteiger partial charge in [0.25, 0.3) is 11.5 Å². The topological polar surface area (TPSA) is 66.4 Å². The van der Waals surface area contributed by atoms with E-state index in [0.29, 0.717) is 31.1 Å². The fourth-order valence-electron chi connectivity index (χ4n) is 2.97. The zero-order valence-corrected chi connectivity index (χ0v) is 15.8. The fraction of sp³-hybridized carbons (Fsp3) is 0.0556. The van der Waals surface area contributed by atoms with Crippen LogP contribution in [0.1, 0.15) is 15.2 Å². The number of aromatic amines is 1. The normalized spacial score (nSPS) is 11.1. The number of benzene rings is 2. The Bertz CT molecular complexity index is 1300. The van der Waals surface area contributed by atoms with Gasteiger partial charge in [-0.1, -0.05) is 41.1 Å². The monoisotopic (exact) mass is 379 g/mol. The number of hydrogen-bond donors (Lipinski definition) is 2. The molecule has 0 saturated heterocycles. The molecule has 0 spiro atoms. The van der Waals surface area contributed by atoms with E-state index in [1.807, 2.05) is 57.2 Å². The summed E-state index contributed by atoms with van der Waals surface area (Å²) < 4.78 is 2.26. The first-order chi connectivity index (χ1) is 12.4. The Labute approximate surface area is 158 Å². The molecule has 0 aliphatic carbocycles. The van der Waals surface area contributed by atoms with Crippen LogP contribution < -0.4 is 16.3 Å². The fourth-order valence-corrected chi connectivity index (χ4v) is 4.25. The summed E-state index contributed by atoms with van der Waals surface area (Å²) in [5, 5.41) is 3.42. The van der Waals surface area contributed by atoms with Crippen LogP contribution in [0.4, 0.5) is 5.69 Å². The lowest BCUT2D eigenvalue weighted by atomic mass is 9.95. The summed E-state index contributed by atoms with van der Waals surface area (Å²) in [6.07, 6.45) is 0. The third kappa shape index (κ3) is 2.77. The van der Waals surface area contributed by atoms with E-state index in [-0.39, 0.29) is 11.5 Å². The second-order valence-corrected chi connectivity index (χ2v) is 7.82. The molecular formula is C18H14BN3O2S2. The molecule has 26 heavy (non-hydrogen) atoms. The number of nitrogens with one attached hydrogen (secondary N) is 2. The number of amides is 1. The molecule has 4 rings (SSSR count). The predicted molar refractivity (Wildman–Crippen MR) is 112 cm³/mol. The van der Waals surface area contributed by atoms with Crippen LogP contribution in [0, 0.1) is 10.9 Å². The Morgan fingerprint density at radius 3 is 2.85 bits per heavy atom. The van der Waals surface area contributed by atoms with Crippen molar-refractivity contribution in [2.45, 2.75) is 6.92 Å². The Balaban J connectivity index is 1.90. The standard InChI is InChI=1S/C18H14BN3O2S2/c1-9-3-2-4-11(7-9)20-17(24)14-15-21-16(23)12-8-10(19)5-6-13(12)22(15)18(25)26-14/h2-8H,19H2,1H3,(H,20,24)(H,21,23). The van der Waals surface area contributed by atoms with Crippen LogP contribution in [0.15, 0.2) is 47.3 Å². The predicted octanol–water partition coefficient (Wildman–Crippen LogP) is 2.39. The summed E-state index contributed by atoms with van der Waals surface area (Å²) in [6.45, 7) is 1.96. The number of hydrogen-bond acceptors (Lipinski definition) is 4. The SMILES string of the molecule is Bc1ccc2c(c1)c(=O)[nH]c1c(C(=O)Nc3cccc(C)c3)sc(=S)n12. The summed E-state index contributed by atoms with van der Waals surface area (Å²) in [4.78, 5) is 28.5. The highest BCUT2D eigenvalue weighted by Crippen LogP contribution is 2.23. The molecule has 0 aliphatic rings. The largest absolute Gasteiger partial charge is 0.321 e. The molecule has 8 heteroatoms. The van der Waals surface area contributed by atoms with Gasteiger partial charge in [0.1, 0.15) is 18.4 Å². The van der Waals surface area contributed by atoms with Gasteiger partial charge in [-0.25, -0.2) is 0 Å². The number of nitrogens with zero attached hydrogens (tertiary/aromatic N) is 1. The van der Waals surface area contributed by atoms with Gasteiger partial charge in [0.05, 0.1) is 10.9 Å². The molecule has 4 aromatic rings. The summed E-state index contributed by atoms with van der Waals surface area (Å²) in [5.74, 6) is -0.295. The van der Waals surface area contributed by atoms with Gasteiger partial charge in [-0.2, -0.15) is 0 Å². The quantitative estimate of drug-likeness (QED) is 0.415. The first-order valence-electron chi connectivity index (χ1n) is 8.00. The zero-order chi connectivity index (χ0) is 18.4. The average Bonchev–Trinajstić information content (AvgIpc) is 2.92. The molecule has 0 fully saturated rings. The van der Waals surface area contributed by atoms with Gasteiger partial charge in [-0.15, -0.1) is 0 Å². The number of thiazole rings is 1. The lowest BCUT2D eigenvalue weighted by Crippen LogP contribution is -2.16. The average molecular weight is 379 g/mol. The summed E-state index contributed by atoms with van der Waals surface area (Å²) >= 11 is 6.64. The summed E-state index contributed by atoms with van der Waals surface area (Å²) in [5.41, 5.74) is 3.62. The number of rotatable bonds is 2. The minimum atomic E-state index is -0.295. The highest BCUT2D eigenvalue weighted by Gasteiger charge is 2.18. The van der Waals surface area contributed by atoms with E-state index in [1.165, 1.54) is 11.3 Å². The molecule has 5 nitrogen and oxygen atoms in total. The van der Waals surface area contributed by atoms with E-state index in [9.17, 15) is 9.59 Å². The minimum Gasteiger partial charge on any atom is -0.321 e. The molecule has 0 bridgehead atoms. The molecule has 2 aromatic heterocycles. The first-order valence-corrected chi connectivity index (χ1v) is 9.23. The van der Waals surface area contributed by atoms with E-state index in [4.69, 9.17) is 12.2 Å². The van der Waals surface area contributed by atoms with Crippen LogP contribution in [0.25, 0.3) is 16.6 Å². The number of fused-ring (bicyclic) bond motifs is 3. The van der Waals surface area contributed by atoms with Gasteiger partial charge < -0.3 is 10.3 Å². The third-order valence-corrected chi connectivity index (χ3v) is 5.53. The van der Waals surface area contributed by atoms with Crippen LogP contribution in [0.5, 0.6) is 0 Å². The number of aryl methyl sites for hydroxylation is 1. The van der Waals surface area contributed by atoms with Crippen molar-refractivity contribution in [2.24, 2.45) is 0 Å². The van der Waals surface area contributed by atoms with Crippen LogP contribution in [-0.2, 0) is 0 Å². The van der Waals surface area contributed by atoms with Gasteiger partial charge in [0.2, 0.25) is 0 Å². The molecule has 2 aromatic carbocycles. The van der Waals surface area contributed by atoms with E-state index in [0.717, 1.165) is 11.0 Å². The molecule has 0 saturated carbocycles. The summed E-state index contributed by atoms with van der Waals surface area (Å²) in [6, 6.07) is 13.1. The second kappa shape index (κ2) is 6.23. The molecule has 0 aliphatic heterocycles. The van der Waals surface area contributed by atoms with Crippen molar-refractivity contribution < 1.29 is 4.79 Å². The molecule has 128 valence electrons. The lowest BCUT2D eigenvalue weighted by Gasteiger charge is -2.06. The third-order valence-electron chi connectivity index (χ3n) is 4.16. The Morgan fingerprint density at radius 2 is 2.08 bits per heavy atom. The summed E-state index contributed by atoms with van der Waals surface area (Å²) in [7, 11) is 1.93. The maximum Gasteiger partial charge on any atom is 0.269 e. The molecule has 0 radical (unpaired) electrons. The van der Waals surface area contributed by atoms with Gasteiger partial charge in [0, 0.05) is 5.69 Å². The number of carbonyl (C=O) groups excluding carboxylic acids is 1. The highest BCUT2D eigenvalue weighted by atomic mass is 32.1. The maximum absolute atomic E-state index is 12.8. The Kier molecular flexibility index (Phi) is 4.01. The van der Waals surface area contributed by atoms with Crippen LogP contribution >= 0.6 is 23.6 Å². The zero-order valence-electron chi connectivity index (χ0n) is 14.1. The van der Waals surface area contributed by atoms with E-state index in [1.54, 1.807) is 4.40 Å². The lowest BCUT2D eigenvalue weighted by molar-refractivity contribution is 0.103. The molecule has 1 amide bonds. The number of H-pyrrole nitrogens is 1. The van der Waals surface area contributed by atoms with Gasteiger partial charge in [0.15, 0.2) is 3.95 Å². The van der Waals surface area contributed by atoms with Gasteiger partial charge in [-0.05, 0) is 42.9 Å². The molecule has 2 heterocycles. The van der Waals surface area contributed by atoms with E-state index < -0.39 is 0 Å². The van der Waals surface area contributed by atoms with E-state index >= 15 is 0 Å². The van der Waals surface area contributed by atoms with Crippen molar-refractivity contribution in [1.82, 2.24) is 9.38 Å². The van der Waals surface area contributed by atoms with Crippen molar-refractivity contribution in [1.29, 1.82) is 0 Å². The molecule has 2 N–H and O–H groups in total. The van der Waals surface area contributed by atoms with Crippen molar-refractivity contribution in [2.75, 3.05) is 5.32 Å². The Morgan fingerprint density at radius 1 is 1.27 bits per heavy atom. The molecule has 0 atom stereocenters. The first kappa shape index (κ1) is 16.7. The van der Waals surface area contributed by atoms with Crippen LogP contribution in [0.2, 0.25) is 0 Å². The van der Waals surface area contributed by atoms with Crippen LogP contribution in [0.3, 0.4) is 0 Å². The van der Waals surface area contributed by atoms with Crippen molar-refractivity contribution in [3.63, 3.8) is 0 Å². The Hall–Kier alpha value is -2.71. The smallest absolute Gasteiger partial charge is 0.269 e. The maximum atomic E-state index is 12.8. The van der Waals surface area contributed by atoms with E-state index in [2.05, 4.69) is 10.3 Å². The van der Waals surface area contributed by atoms with Crippen LogP contribution in [-0.4, -0.2) is 23.1 Å². The van der Waals surface area contributed by atoms with Gasteiger partial charge in [-0.3, -0.25) is 14.0 Å². The minimum absolute atomic E-state index is 0.235. The molecule has 0 unspecified atom stereocenters. The number of carbonyl (C=O) groups is 1. The van der Waals surface area contributed by atoms with Crippen molar-refractivity contribution in [3.8, 4) is 0 Å². The van der Waals surface area contributed by atoms with Crippen molar-refractivity contribution in [3.05, 3.63) is 67.2 Å². The number of aromatic nitrogens is 2. The molecular weight excluding hydrogens is 365 g/mol. The number of anilines is 1. The highest BCUT2D eigenvalue weighted by molar-refractivity contribution is 7.73. The second-order valence-electron chi connectivity index (χ2n) is 6.18.